The van der Waals surface area contributed by atoms with Gasteiger partial charge in [-0.2, -0.15) is 0 Å². The summed E-state index contributed by atoms with van der Waals surface area (Å²) in [7, 11) is 0. The maximum Gasteiger partial charge on any atom is 0.350 e. The fourth-order valence-corrected chi connectivity index (χ4v) is 4.47. The van der Waals surface area contributed by atoms with Crippen LogP contribution in [-0.4, -0.2) is 48.1 Å². The zero-order valence-corrected chi connectivity index (χ0v) is 15.2. The van der Waals surface area contributed by atoms with E-state index in [0.29, 0.717) is 34.8 Å². The highest BCUT2D eigenvalue weighted by atomic mass is 32.1. The molecule has 0 radical (unpaired) electrons. The molecule has 1 aromatic rings. The van der Waals surface area contributed by atoms with Crippen molar-refractivity contribution in [1.82, 2.24) is 9.88 Å². The van der Waals surface area contributed by atoms with E-state index in [0.717, 1.165) is 13.1 Å². The number of aromatic nitrogens is 1. The Hall–Kier alpha value is -1.63. The fourth-order valence-electron chi connectivity index (χ4n) is 3.49. The summed E-state index contributed by atoms with van der Waals surface area (Å²) in [6.45, 7) is 6.13. The van der Waals surface area contributed by atoms with Crippen LogP contribution in [0.1, 0.15) is 54.4 Å². The Labute approximate surface area is 146 Å². The molecule has 0 aromatic carbocycles. The quantitative estimate of drug-likeness (QED) is 0.762. The first-order valence-electron chi connectivity index (χ1n) is 8.81. The zero-order valence-electron chi connectivity index (χ0n) is 14.4. The number of amides is 2. The summed E-state index contributed by atoms with van der Waals surface area (Å²) in [5.74, 6) is 0.278. The maximum atomic E-state index is 12.7. The lowest BCUT2D eigenvalue weighted by molar-refractivity contribution is 0.0531. The van der Waals surface area contributed by atoms with Crippen LogP contribution in [0.3, 0.4) is 0 Å². The van der Waals surface area contributed by atoms with Gasteiger partial charge in [-0.05, 0) is 32.6 Å². The average Bonchev–Trinajstić information content (AvgIpc) is 3.12. The first kappa shape index (κ1) is 17.2. The molecule has 1 aliphatic carbocycles. The van der Waals surface area contributed by atoms with Gasteiger partial charge in [0.25, 0.3) is 0 Å². The van der Waals surface area contributed by atoms with E-state index in [-0.39, 0.29) is 12.0 Å². The zero-order chi connectivity index (χ0) is 17.1. The van der Waals surface area contributed by atoms with E-state index in [9.17, 15) is 9.59 Å². The summed E-state index contributed by atoms with van der Waals surface area (Å²) in [6.07, 6.45) is 6.35. The van der Waals surface area contributed by atoms with Crippen LogP contribution in [0.2, 0.25) is 0 Å². The second-order valence-electron chi connectivity index (χ2n) is 6.52. The third-order valence-corrected chi connectivity index (χ3v) is 5.94. The molecule has 2 fully saturated rings. The second-order valence-corrected chi connectivity index (χ2v) is 7.49. The van der Waals surface area contributed by atoms with Gasteiger partial charge in [0.05, 0.1) is 12.3 Å². The number of hydrogen-bond acceptors (Lipinski definition) is 5. The number of thiazole rings is 1. The number of carbonyl (C=O) groups excluding carboxylic acids is 2. The van der Waals surface area contributed by atoms with Gasteiger partial charge in [-0.1, -0.05) is 30.6 Å². The molecule has 0 N–H and O–H groups in total. The van der Waals surface area contributed by atoms with E-state index in [1.165, 1.54) is 43.4 Å². The minimum Gasteiger partial charge on any atom is -0.462 e. The van der Waals surface area contributed by atoms with Gasteiger partial charge >= 0.3 is 12.0 Å². The van der Waals surface area contributed by atoms with Crippen LogP contribution in [0, 0.1) is 12.8 Å². The van der Waals surface area contributed by atoms with E-state index in [1.807, 2.05) is 4.90 Å². The summed E-state index contributed by atoms with van der Waals surface area (Å²) in [5.41, 5.74) is 0.631. The number of rotatable bonds is 5. The number of carbonyl (C=O) groups is 2. The molecule has 7 heteroatoms. The van der Waals surface area contributed by atoms with Crippen molar-refractivity contribution in [1.29, 1.82) is 0 Å². The lowest BCUT2D eigenvalue weighted by Gasteiger charge is -2.26. The van der Waals surface area contributed by atoms with Gasteiger partial charge in [0.1, 0.15) is 4.88 Å². The third kappa shape index (κ3) is 3.55. The number of nitrogens with zero attached hydrogens (tertiary/aromatic N) is 3. The van der Waals surface area contributed by atoms with Crippen molar-refractivity contribution in [2.75, 3.05) is 31.1 Å². The number of urea groups is 1. The monoisotopic (exact) mass is 351 g/mol. The lowest BCUT2D eigenvalue weighted by Crippen LogP contribution is -2.35. The number of hydrogen-bond donors (Lipinski definition) is 0. The molecule has 2 aliphatic rings. The lowest BCUT2D eigenvalue weighted by atomic mass is 9.89. The van der Waals surface area contributed by atoms with Gasteiger partial charge < -0.3 is 9.64 Å². The first-order chi connectivity index (χ1) is 11.6. The molecule has 0 bridgehead atoms. The maximum absolute atomic E-state index is 12.7. The van der Waals surface area contributed by atoms with E-state index >= 15 is 0 Å². The summed E-state index contributed by atoms with van der Waals surface area (Å²) < 4.78 is 5.05. The van der Waals surface area contributed by atoms with Crippen LogP contribution in [0.5, 0.6) is 0 Å². The van der Waals surface area contributed by atoms with Gasteiger partial charge in [-0.25, -0.2) is 14.6 Å². The molecular weight excluding hydrogens is 326 g/mol. The predicted octanol–water partition coefficient (Wildman–Crippen LogP) is 3.45. The number of anilines is 1. The highest BCUT2D eigenvalue weighted by molar-refractivity contribution is 7.17. The van der Waals surface area contributed by atoms with Crippen molar-refractivity contribution in [3.8, 4) is 0 Å². The van der Waals surface area contributed by atoms with Gasteiger partial charge in [0.2, 0.25) is 0 Å². The Morgan fingerprint density at radius 1 is 1.29 bits per heavy atom. The molecule has 132 valence electrons. The number of esters is 1. The van der Waals surface area contributed by atoms with Crippen LogP contribution in [0.4, 0.5) is 9.93 Å². The summed E-state index contributed by atoms with van der Waals surface area (Å²) in [5, 5.41) is 0.603. The Balaban J connectivity index is 1.66. The standard InChI is InChI=1S/C17H25N3O3S/c1-3-23-15(21)14-12(2)18-16(24-14)20-10-9-19(17(20)22)11-13-7-5-4-6-8-13/h13H,3-11H2,1-2H3. The average molecular weight is 351 g/mol. The minimum atomic E-state index is -0.357. The van der Waals surface area contributed by atoms with Crippen LogP contribution in [-0.2, 0) is 4.74 Å². The van der Waals surface area contributed by atoms with Gasteiger partial charge in [-0.15, -0.1) is 0 Å². The molecule has 0 atom stereocenters. The number of ether oxygens (including phenoxy) is 1. The third-order valence-electron chi connectivity index (χ3n) is 4.78. The van der Waals surface area contributed by atoms with Crippen molar-refractivity contribution in [3.05, 3.63) is 10.6 Å². The SMILES string of the molecule is CCOC(=O)c1sc(N2CCN(CC3CCCCC3)C2=O)nc1C. The molecule has 1 aromatic heterocycles. The molecule has 1 saturated heterocycles. The van der Waals surface area contributed by atoms with Crippen molar-refractivity contribution in [2.24, 2.45) is 5.92 Å². The Kier molecular flexibility index (Phi) is 5.38. The van der Waals surface area contributed by atoms with Crippen molar-refractivity contribution in [3.63, 3.8) is 0 Å². The Morgan fingerprint density at radius 2 is 2.04 bits per heavy atom. The summed E-state index contributed by atoms with van der Waals surface area (Å²) >= 11 is 1.25. The van der Waals surface area contributed by atoms with Crippen molar-refractivity contribution < 1.29 is 14.3 Å². The summed E-state index contributed by atoms with van der Waals surface area (Å²) in [4.78, 5) is 33.2. The van der Waals surface area contributed by atoms with Gasteiger partial charge in [0, 0.05) is 19.6 Å². The van der Waals surface area contributed by atoms with Gasteiger partial charge in [-0.3, -0.25) is 4.90 Å². The molecule has 1 saturated carbocycles. The van der Waals surface area contributed by atoms with Crippen molar-refractivity contribution >= 4 is 28.5 Å². The van der Waals surface area contributed by atoms with Crippen LogP contribution in [0.15, 0.2) is 0 Å². The smallest absolute Gasteiger partial charge is 0.350 e. The molecule has 2 heterocycles. The second kappa shape index (κ2) is 7.51. The normalized spacial score (nSPS) is 19.2. The summed E-state index contributed by atoms with van der Waals surface area (Å²) in [6, 6.07) is 0.0183. The Morgan fingerprint density at radius 3 is 2.75 bits per heavy atom. The number of aryl methyl sites for hydroxylation is 1. The van der Waals surface area contributed by atoms with Crippen molar-refractivity contribution in [2.45, 2.75) is 46.0 Å². The molecule has 0 unspecified atom stereocenters. The predicted molar refractivity (Wildman–Crippen MR) is 93.7 cm³/mol. The molecule has 24 heavy (non-hydrogen) atoms. The highest BCUT2D eigenvalue weighted by Crippen LogP contribution is 2.31. The molecule has 3 rings (SSSR count). The van der Waals surface area contributed by atoms with E-state index in [4.69, 9.17) is 4.74 Å². The van der Waals surface area contributed by atoms with Crippen LogP contribution in [0.25, 0.3) is 0 Å². The highest BCUT2D eigenvalue weighted by Gasteiger charge is 2.34. The van der Waals surface area contributed by atoms with E-state index in [2.05, 4.69) is 4.98 Å². The van der Waals surface area contributed by atoms with Crippen LogP contribution >= 0.6 is 11.3 Å². The largest absolute Gasteiger partial charge is 0.462 e. The molecular formula is C17H25N3O3S. The first-order valence-corrected chi connectivity index (χ1v) is 9.62. The van der Waals surface area contributed by atoms with Gasteiger partial charge in [0.15, 0.2) is 5.13 Å². The minimum absolute atomic E-state index is 0.0183. The Bertz CT molecular complexity index is 610. The topological polar surface area (TPSA) is 62.7 Å². The van der Waals surface area contributed by atoms with Crippen LogP contribution < -0.4 is 4.90 Å². The molecule has 0 spiro atoms. The fraction of sp³-hybridized carbons (Fsp3) is 0.706. The molecule has 2 amide bonds. The van der Waals surface area contributed by atoms with E-state index < -0.39 is 0 Å². The van der Waals surface area contributed by atoms with E-state index in [1.54, 1.807) is 18.7 Å². The molecule has 6 nitrogen and oxygen atoms in total. The molecule has 1 aliphatic heterocycles.